The summed E-state index contributed by atoms with van der Waals surface area (Å²) in [5.41, 5.74) is 5.63. The number of pyridine rings is 1. The van der Waals surface area contributed by atoms with Gasteiger partial charge < -0.3 is 14.9 Å². The van der Waals surface area contributed by atoms with E-state index in [2.05, 4.69) is 15.8 Å². The predicted octanol–water partition coefficient (Wildman–Crippen LogP) is 4.47. The van der Waals surface area contributed by atoms with Crippen molar-refractivity contribution in [2.45, 2.75) is 12.5 Å². The average molecular weight is 456 g/mol. The monoisotopic (exact) mass is 455 g/mol. The SMILES string of the molecule is CONC[C@@H](C(=O)Nc1ccc2cnccc2c1)c1ccc(COC(=O)c2ccccc2)cc1. The fourth-order valence-electron chi connectivity index (χ4n) is 3.57. The molecule has 0 bridgehead atoms. The van der Waals surface area contributed by atoms with Gasteiger partial charge in [-0.15, -0.1) is 0 Å². The number of carbonyl (C=O) groups excluding carboxylic acids is 2. The maximum atomic E-state index is 13.1. The molecule has 0 aliphatic carbocycles. The van der Waals surface area contributed by atoms with Gasteiger partial charge in [0.2, 0.25) is 5.91 Å². The Morgan fingerprint density at radius 1 is 0.941 bits per heavy atom. The second kappa shape index (κ2) is 11.2. The minimum Gasteiger partial charge on any atom is -0.457 e. The van der Waals surface area contributed by atoms with Gasteiger partial charge in [-0.1, -0.05) is 48.5 Å². The number of benzene rings is 3. The summed E-state index contributed by atoms with van der Waals surface area (Å²) in [4.78, 5) is 34.4. The number of rotatable bonds is 9. The quantitative estimate of drug-likeness (QED) is 0.286. The molecule has 0 spiro atoms. The van der Waals surface area contributed by atoms with E-state index >= 15 is 0 Å². The van der Waals surface area contributed by atoms with Crippen LogP contribution >= 0.6 is 0 Å². The molecule has 4 rings (SSSR count). The summed E-state index contributed by atoms with van der Waals surface area (Å²) in [6.07, 6.45) is 3.50. The molecule has 0 aliphatic rings. The lowest BCUT2D eigenvalue weighted by Crippen LogP contribution is -2.30. The zero-order chi connectivity index (χ0) is 23.8. The third-order valence-electron chi connectivity index (χ3n) is 5.42. The molecule has 0 fully saturated rings. The van der Waals surface area contributed by atoms with Gasteiger partial charge >= 0.3 is 5.97 Å². The van der Waals surface area contributed by atoms with Gasteiger partial charge in [-0.05, 0) is 46.8 Å². The highest BCUT2D eigenvalue weighted by atomic mass is 16.6. The second-order valence-corrected chi connectivity index (χ2v) is 7.72. The fraction of sp³-hybridized carbons (Fsp3) is 0.148. The Labute approximate surface area is 197 Å². The summed E-state index contributed by atoms with van der Waals surface area (Å²) in [6, 6.07) is 23.9. The summed E-state index contributed by atoms with van der Waals surface area (Å²) in [5, 5.41) is 4.99. The highest BCUT2D eigenvalue weighted by molar-refractivity contribution is 5.98. The number of esters is 1. The Kier molecular flexibility index (Phi) is 7.60. The van der Waals surface area contributed by atoms with E-state index in [1.165, 1.54) is 7.11 Å². The average Bonchev–Trinajstić information content (AvgIpc) is 2.88. The number of hydroxylamine groups is 1. The van der Waals surface area contributed by atoms with E-state index in [4.69, 9.17) is 9.57 Å². The van der Waals surface area contributed by atoms with E-state index in [1.54, 1.807) is 36.7 Å². The largest absolute Gasteiger partial charge is 0.457 e. The number of nitrogens with one attached hydrogen (secondary N) is 2. The van der Waals surface area contributed by atoms with Crippen LogP contribution in [0, 0.1) is 0 Å². The van der Waals surface area contributed by atoms with Crippen LogP contribution in [0.4, 0.5) is 5.69 Å². The van der Waals surface area contributed by atoms with Gasteiger partial charge in [0, 0.05) is 30.0 Å². The van der Waals surface area contributed by atoms with Crippen molar-refractivity contribution >= 4 is 28.3 Å². The van der Waals surface area contributed by atoms with Crippen LogP contribution in [0.5, 0.6) is 0 Å². The fourth-order valence-corrected chi connectivity index (χ4v) is 3.57. The molecule has 1 heterocycles. The van der Waals surface area contributed by atoms with Crippen LogP contribution in [0.15, 0.2) is 91.3 Å². The Bertz CT molecular complexity index is 1260. The van der Waals surface area contributed by atoms with Gasteiger partial charge in [0.1, 0.15) is 6.61 Å². The normalized spacial score (nSPS) is 11.7. The first-order chi connectivity index (χ1) is 16.6. The summed E-state index contributed by atoms with van der Waals surface area (Å²) in [6.45, 7) is 0.440. The van der Waals surface area contributed by atoms with Crippen LogP contribution in [0.2, 0.25) is 0 Å². The van der Waals surface area contributed by atoms with E-state index < -0.39 is 5.92 Å². The molecule has 0 radical (unpaired) electrons. The van der Waals surface area contributed by atoms with E-state index in [9.17, 15) is 9.59 Å². The molecule has 7 nitrogen and oxygen atoms in total. The Morgan fingerprint density at radius 2 is 1.74 bits per heavy atom. The first kappa shape index (κ1) is 23.1. The zero-order valence-corrected chi connectivity index (χ0v) is 18.7. The number of hydrogen-bond acceptors (Lipinski definition) is 6. The molecule has 2 N–H and O–H groups in total. The maximum absolute atomic E-state index is 13.1. The van der Waals surface area contributed by atoms with Crippen molar-refractivity contribution in [2.24, 2.45) is 0 Å². The first-order valence-corrected chi connectivity index (χ1v) is 10.9. The maximum Gasteiger partial charge on any atom is 0.338 e. The van der Waals surface area contributed by atoms with Crippen LogP contribution in [0.1, 0.15) is 27.4 Å². The van der Waals surface area contributed by atoms with E-state index in [0.29, 0.717) is 17.8 Å². The number of anilines is 1. The Balaban J connectivity index is 1.43. The van der Waals surface area contributed by atoms with Crippen LogP contribution in [-0.2, 0) is 21.0 Å². The number of amides is 1. The number of fused-ring (bicyclic) bond motifs is 1. The number of aromatic nitrogens is 1. The summed E-state index contributed by atoms with van der Waals surface area (Å²) in [5.74, 6) is -1.03. The second-order valence-electron chi connectivity index (χ2n) is 7.72. The molecule has 0 saturated carbocycles. The number of nitrogens with zero attached hydrogens (tertiary/aromatic N) is 1. The van der Waals surface area contributed by atoms with Crippen molar-refractivity contribution in [1.82, 2.24) is 10.5 Å². The molecule has 7 heteroatoms. The van der Waals surface area contributed by atoms with Crippen LogP contribution < -0.4 is 10.8 Å². The molecule has 0 unspecified atom stereocenters. The molecule has 1 atom stereocenters. The van der Waals surface area contributed by atoms with E-state index in [1.807, 2.05) is 54.6 Å². The van der Waals surface area contributed by atoms with E-state index in [0.717, 1.165) is 21.9 Å². The number of hydrogen-bond donors (Lipinski definition) is 2. The van der Waals surface area contributed by atoms with Crippen molar-refractivity contribution in [3.05, 3.63) is 108 Å². The molecule has 0 aliphatic heterocycles. The van der Waals surface area contributed by atoms with Crippen LogP contribution in [-0.4, -0.2) is 30.5 Å². The van der Waals surface area contributed by atoms with Gasteiger partial charge in [0.25, 0.3) is 0 Å². The summed E-state index contributed by atoms with van der Waals surface area (Å²) in [7, 11) is 1.51. The molecule has 0 saturated heterocycles. The molecule has 4 aromatic rings. The minimum atomic E-state index is -0.492. The minimum absolute atomic E-state index is 0.146. The van der Waals surface area contributed by atoms with Gasteiger partial charge in [0.15, 0.2) is 0 Å². The lowest BCUT2D eigenvalue weighted by Gasteiger charge is -2.18. The molecule has 172 valence electrons. The first-order valence-electron chi connectivity index (χ1n) is 10.9. The van der Waals surface area contributed by atoms with E-state index in [-0.39, 0.29) is 18.5 Å². The molecule has 1 aromatic heterocycles. The molecule has 1 amide bonds. The molecular weight excluding hydrogens is 430 g/mol. The van der Waals surface area contributed by atoms with Crippen molar-refractivity contribution in [3.8, 4) is 0 Å². The zero-order valence-electron chi connectivity index (χ0n) is 18.7. The van der Waals surface area contributed by atoms with Crippen molar-refractivity contribution in [3.63, 3.8) is 0 Å². The Morgan fingerprint density at radius 3 is 2.50 bits per heavy atom. The topological polar surface area (TPSA) is 89.6 Å². The van der Waals surface area contributed by atoms with Gasteiger partial charge in [-0.2, -0.15) is 0 Å². The highest BCUT2D eigenvalue weighted by Gasteiger charge is 2.21. The number of carbonyl (C=O) groups is 2. The molecular formula is C27H25N3O4. The third kappa shape index (κ3) is 5.83. The van der Waals surface area contributed by atoms with Crippen LogP contribution in [0.25, 0.3) is 10.8 Å². The van der Waals surface area contributed by atoms with Crippen LogP contribution in [0.3, 0.4) is 0 Å². The lowest BCUT2D eigenvalue weighted by molar-refractivity contribution is -0.118. The predicted molar refractivity (Wildman–Crippen MR) is 130 cm³/mol. The molecule has 3 aromatic carbocycles. The van der Waals surface area contributed by atoms with Crippen molar-refractivity contribution < 1.29 is 19.2 Å². The van der Waals surface area contributed by atoms with Gasteiger partial charge in [0.05, 0.1) is 18.6 Å². The summed E-state index contributed by atoms with van der Waals surface area (Å²) < 4.78 is 5.39. The highest BCUT2D eigenvalue weighted by Crippen LogP contribution is 2.22. The third-order valence-corrected chi connectivity index (χ3v) is 5.42. The van der Waals surface area contributed by atoms with Crippen molar-refractivity contribution in [2.75, 3.05) is 19.0 Å². The Hall–Kier alpha value is -4.07. The summed E-state index contributed by atoms with van der Waals surface area (Å²) >= 11 is 0. The number of ether oxygens (including phenoxy) is 1. The smallest absolute Gasteiger partial charge is 0.338 e. The molecule has 34 heavy (non-hydrogen) atoms. The van der Waals surface area contributed by atoms with Gasteiger partial charge in [-0.3, -0.25) is 9.78 Å². The standard InChI is InChI=1S/C27H25N3O4/c1-33-29-17-25(26(31)30-24-12-11-23-16-28-14-13-22(23)15-24)20-9-7-19(8-10-20)18-34-27(32)21-5-3-2-4-6-21/h2-16,25,29H,17-18H2,1H3,(H,30,31)/t25-/m1/s1. The van der Waals surface area contributed by atoms with Crippen molar-refractivity contribution in [1.29, 1.82) is 0 Å². The lowest BCUT2D eigenvalue weighted by atomic mass is 9.97. The van der Waals surface area contributed by atoms with Gasteiger partial charge in [-0.25, -0.2) is 10.3 Å².